The van der Waals surface area contributed by atoms with Gasteiger partial charge in [-0.1, -0.05) is 318 Å². The zero-order chi connectivity index (χ0) is 59.9. The van der Waals surface area contributed by atoms with Gasteiger partial charge in [-0.05, 0) is 116 Å². The van der Waals surface area contributed by atoms with E-state index >= 15 is 0 Å². The molecule has 1 atom stereocenters. The predicted octanol–water partition coefficient (Wildman–Crippen LogP) is 25.0. The minimum absolute atomic E-state index is 0.0797. The molecule has 0 aliphatic rings. The lowest BCUT2D eigenvalue weighted by Crippen LogP contribution is -2.30. The fraction of sp³-hybridized carbons (Fsp3) is 0.779. The van der Waals surface area contributed by atoms with Crippen LogP contribution < -0.4 is 0 Å². The summed E-state index contributed by atoms with van der Waals surface area (Å²) in [4.78, 5) is 38.4. The Morgan fingerprint density at radius 3 is 0.747 bits per heavy atom. The third-order valence-electron chi connectivity index (χ3n) is 15.8. The molecule has 1 unspecified atom stereocenters. The van der Waals surface area contributed by atoms with E-state index in [1.54, 1.807) is 0 Å². The minimum Gasteiger partial charge on any atom is -0.462 e. The van der Waals surface area contributed by atoms with E-state index < -0.39 is 6.10 Å². The second kappa shape index (κ2) is 71.1. The van der Waals surface area contributed by atoms with Gasteiger partial charge in [0.2, 0.25) is 0 Å². The van der Waals surface area contributed by atoms with Crippen LogP contribution in [0.25, 0.3) is 0 Å². The molecular formula is C77H136O6. The number of hydrogen-bond acceptors (Lipinski definition) is 6. The van der Waals surface area contributed by atoms with E-state index in [-0.39, 0.29) is 31.1 Å². The summed E-state index contributed by atoms with van der Waals surface area (Å²) in [6.07, 6.45) is 94.8. The van der Waals surface area contributed by atoms with Crippen molar-refractivity contribution in [2.75, 3.05) is 13.2 Å². The summed E-state index contributed by atoms with van der Waals surface area (Å²) in [6.45, 7) is 6.57. The van der Waals surface area contributed by atoms with E-state index in [0.717, 1.165) is 103 Å². The van der Waals surface area contributed by atoms with Crippen LogP contribution in [0, 0.1) is 0 Å². The third kappa shape index (κ3) is 69.3. The maximum Gasteiger partial charge on any atom is 0.306 e. The molecule has 480 valence electrons. The average Bonchev–Trinajstić information content (AvgIpc) is 3.49. The Balaban J connectivity index is 4.17. The first-order valence-electron chi connectivity index (χ1n) is 36.1. The zero-order valence-corrected chi connectivity index (χ0v) is 55.2. The van der Waals surface area contributed by atoms with Crippen molar-refractivity contribution in [1.82, 2.24) is 0 Å². The largest absolute Gasteiger partial charge is 0.462 e. The van der Waals surface area contributed by atoms with E-state index in [2.05, 4.69) is 106 Å². The summed E-state index contributed by atoms with van der Waals surface area (Å²) in [5.41, 5.74) is 0. The van der Waals surface area contributed by atoms with Gasteiger partial charge >= 0.3 is 17.9 Å². The van der Waals surface area contributed by atoms with Crippen molar-refractivity contribution in [1.29, 1.82) is 0 Å². The lowest BCUT2D eigenvalue weighted by Gasteiger charge is -2.18. The van der Waals surface area contributed by atoms with Gasteiger partial charge in [0.1, 0.15) is 13.2 Å². The Labute approximate surface area is 515 Å². The Hall–Kier alpha value is -3.41. The number of rotatable bonds is 66. The van der Waals surface area contributed by atoms with E-state index in [4.69, 9.17) is 14.2 Å². The fourth-order valence-electron chi connectivity index (χ4n) is 10.4. The van der Waals surface area contributed by atoms with Crippen molar-refractivity contribution in [3.8, 4) is 0 Å². The zero-order valence-electron chi connectivity index (χ0n) is 55.2. The smallest absolute Gasteiger partial charge is 0.306 e. The number of allylic oxidation sites excluding steroid dienone is 14. The number of carbonyl (C=O) groups excluding carboxylic acids is 3. The first kappa shape index (κ1) is 79.6. The molecule has 0 aromatic rings. The van der Waals surface area contributed by atoms with Crippen molar-refractivity contribution in [3.63, 3.8) is 0 Å². The molecule has 0 amide bonds. The van der Waals surface area contributed by atoms with Crippen LogP contribution in [0.4, 0.5) is 0 Å². The SMILES string of the molecule is CCC/C=C\C/C=C\CCCCCCCC(=O)OCC(COC(=O)CCCCCCCCCCCCCCCCCCCC/C=C\C/C=C\C/C=C\CCCCCCC)OC(=O)CCCCCCCCCCC/C=C\C/C=C\CCCCC. The van der Waals surface area contributed by atoms with Gasteiger partial charge in [-0.25, -0.2) is 0 Å². The molecule has 0 bridgehead atoms. The fourth-order valence-corrected chi connectivity index (χ4v) is 10.4. The monoisotopic (exact) mass is 1160 g/mol. The summed E-state index contributed by atoms with van der Waals surface area (Å²) in [5.74, 6) is -0.881. The highest BCUT2D eigenvalue weighted by molar-refractivity contribution is 5.71. The van der Waals surface area contributed by atoms with Crippen molar-refractivity contribution in [2.24, 2.45) is 0 Å². The van der Waals surface area contributed by atoms with E-state index in [9.17, 15) is 14.4 Å². The van der Waals surface area contributed by atoms with Gasteiger partial charge in [-0.2, -0.15) is 0 Å². The van der Waals surface area contributed by atoms with E-state index in [0.29, 0.717) is 19.3 Å². The van der Waals surface area contributed by atoms with Crippen molar-refractivity contribution in [3.05, 3.63) is 85.1 Å². The van der Waals surface area contributed by atoms with Crippen LogP contribution in [0.5, 0.6) is 0 Å². The lowest BCUT2D eigenvalue weighted by molar-refractivity contribution is -0.167. The lowest BCUT2D eigenvalue weighted by atomic mass is 10.0. The van der Waals surface area contributed by atoms with Crippen LogP contribution >= 0.6 is 0 Å². The highest BCUT2D eigenvalue weighted by atomic mass is 16.6. The number of ether oxygens (including phenoxy) is 3. The van der Waals surface area contributed by atoms with Gasteiger partial charge in [0.05, 0.1) is 0 Å². The maximum absolute atomic E-state index is 12.9. The molecule has 0 N–H and O–H groups in total. The summed E-state index contributed by atoms with van der Waals surface area (Å²) < 4.78 is 17.0. The Kier molecular flexibility index (Phi) is 68.2. The summed E-state index contributed by atoms with van der Waals surface area (Å²) in [6, 6.07) is 0. The maximum atomic E-state index is 12.9. The van der Waals surface area contributed by atoms with Crippen LogP contribution in [-0.4, -0.2) is 37.2 Å². The van der Waals surface area contributed by atoms with E-state index in [1.165, 1.54) is 225 Å². The first-order valence-corrected chi connectivity index (χ1v) is 36.1. The molecule has 6 nitrogen and oxygen atoms in total. The van der Waals surface area contributed by atoms with Crippen LogP contribution in [-0.2, 0) is 28.6 Å². The van der Waals surface area contributed by atoms with Gasteiger partial charge in [-0.3, -0.25) is 14.4 Å². The summed E-state index contributed by atoms with van der Waals surface area (Å²) in [5, 5.41) is 0. The molecule has 0 spiro atoms. The Bertz CT molecular complexity index is 1570. The molecule has 0 saturated carbocycles. The van der Waals surface area contributed by atoms with Crippen LogP contribution in [0.15, 0.2) is 85.1 Å². The molecule has 0 aromatic carbocycles. The highest BCUT2D eigenvalue weighted by Gasteiger charge is 2.19. The molecule has 0 heterocycles. The molecule has 0 aliphatic carbocycles. The van der Waals surface area contributed by atoms with Crippen molar-refractivity contribution >= 4 is 17.9 Å². The molecule has 0 saturated heterocycles. The molecular weight excluding hydrogens is 1020 g/mol. The van der Waals surface area contributed by atoms with Gasteiger partial charge in [0, 0.05) is 19.3 Å². The Morgan fingerprint density at radius 2 is 0.458 bits per heavy atom. The quantitative estimate of drug-likeness (QED) is 0.0261. The second-order valence-corrected chi connectivity index (χ2v) is 24.1. The topological polar surface area (TPSA) is 78.9 Å². The van der Waals surface area contributed by atoms with Gasteiger partial charge in [0.15, 0.2) is 6.10 Å². The second-order valence-electron chi connectivity index (χ2n) is 24.1. The Morgan fingerprint density at radius 1 is 0.241 bits per heavy atom. The molecule has 6 heteroatoms. The van der Waals surface area contributed by atoms with Crippen molar-refractivity contribution in [2.45, 2.75) is 374 Å². The molecule has 0 aromatic heterocycles. The molecule has 0 radical (unpaired) electrons. The molecule has 0 aliphatic heterocycles. The van der Waals surface area contributed by atoms with Crippen LogP contribution in [0.2, 0.25) is 0 Å². The summed E-state index contributed by atoms with van der Waals surface area (Å²) in [7, 11) is 0. The first-order chi connectivity index (χ1) is 41.0. The van der Waals surface area contributed by atoms with Gasteiger partial charge in [-0.15, -0.1) is 0 Å². The average molecular weight is 1160 g/mol. The van der Waals surface area contributed by atoms with Crippen LogP contribution in [0.1, 0.15) is 367 Å². The van der Waals surface area contributed by atoms with E-state index in [1.807, 2.05) is 0 Å². The van der Waals surface area contributed by atoms with Crippen LogP contribution in [0.3, 0.4) is 0 Å². The van der Waals surface area contributed by atoms with Gasteiger partial charge < -0.3 is 14.2 Å². The molecule has 0 rings (SSSR count). The number of unbranched alkanes of at least 4 members (excludes halogenated alkanes) is 41. The third-order valence-corrected chi connectivity index (χ3v) is 15.8. The molecule has 83 heavy (non-hydrogen) atoms. The highest BCUT2D eigenvalue weighted by Crippen LogP contribution is 2.18. The minimum atomic E-state index is -0.785. The number of carbonyl (C=O) groups is 3. The van der Waals surface area contributed by atoms with Gasteiger partial charge in [0.25, 0.3) is 0 Å². The van der Waals surface area contributed by atoms with Crippen molar-refractivity contribution < 1.29 is 28.6 Å². The number of esters is 3. The number of hydrogen-bond donors (Lipinski definition) is 0. The normalized spacial score (nSPS) is 12.6. The summed E-state index contributed by atoms with van der Waals surface area (Å²) >= 11 is 0. The predicted molar refractivity (Wildman–Crippen MR) is 362 cm³/mol. The molecule has 0 fully saturated rings. The standard InChI is InChI=1S/C77H136O6/c1-4-7-10-13-16-19-22-25-27-29-31-32-33-34-35-36-37-38-39-40-41-42-43-44-46-47-49-52-55-58-61-64-67-70-76(79)82-73-74(72-81-75(78)69-66-63-60-57-54-51-24-21-18-15-12-9-6-3)83-77(80)71-68-65-62-59-56-53-50-48-45-30-28-26-23-20-17-14-11-8-5-2/h12,15,17,20-22,24-26,28-29,31,33-34,74H,4-11,13-14,16,18-19,23,27,30,32,35-73H2,1-3H3/b15-12-,20-17-,24-21-,25-22-,28-26-,31-29-,34-33-.